The molecular weight excluding hydrogens is 340 g/mol. The van der Waals surface area contributed by atoms with Gasteiger partial charge in [0.05, 0.1) is 5.56 Å². The number of likely N-dealkylation sites (N-methyl/N-ethyl adjacent to an activating group) is 1. The number of hydrogen-bond donors (Lipinski definition) is 2. The highest BCUT2D eigenvalue weighted by molar-refractivity contribution is 6.02. The van der Waals surface area contributed by atoms with Gasteiger partial charge in [-0.15, -0.1) is 0 Å². The molecule has 2 N–H and O–H groups in total. The third kappa shape index (κ3) is 2.73. The first kappa shape index (κ1) is 17.0. The number of para-hydroxylation sites is 1. The van der Waals surface area contributed by atoms with Crippen molar-refractivity contribution in [1.29, 1.82) is 0 Å². The number of fused-ring (bicyclic) bond motifs is 3. The summed E-state index contributed by atoms with van der Waals surface area (Å²) < 4.78 is 0. The number of hydrogen-bond acceptors (Lipinski definition) is 4. The van der Waals surface area contributed by atoms with Crippen molar-refractivity contribution in [3.8, 4) is 0 Å². The normalized spacial score (nSPS) is 35.5. The number of rotatable bonds is 1. The highest BCUT2D eigenvalue weighted by Crippen LogP contribution is 2.52. The minimum atomic E-state index is -0.382. The SMILES string of the molecule is CN1CCN(C(=O)[C@@H]2C[C@H]3CC[C@@H]2C[C@@]32NC(=O)c3ccccc3N2)CC1. The molecule has 0 radical (unpaired) electrons. The minimum absolute atomic E-state index is 0.0128. The van der Waals surface area contributed by atoms with Gasteiger partial charge in [0.25, 0.3) is 5.91 Å². The van der Waals surface area contributed by atoms with E-state index in [9.17, 15) is 9.59 Å². The monoisotopic (exact) mass is 368 g/mol. The van der Waals surface area contributed by atoms with Crippen LogP contribution < -0.4 is 10.6 Å². The Morgan fingerprint density at radius 2 is 1.89 bits per heavy atom. The molecule has 6 rings (SSSR count). The number of nitrogens with zero attached hydrogens (tertiary/aromatic N) is 2. The Morgan fingerprint density at radius 3 is 2.63 bits per heavy atom. The van der Waals surface area contributed by atoms with Crippen LogP contribution in [-0.4, -0.2) is 60.5 Å². The van der Waals surface area contributed by atoms with Crippen molar-refractivity contribution in [1.82, 2.24) is 15.1 Å². The molecule has 144 valence electrons. The van der Waals surface area contributed by atoms with E-state index in [-0.39, 0.29) is 17.5 Å². The quantitative estimate of drug-likeness (QED) is 0.793. The summed E-state index contributed by atoms with van der Waals surface area (Å²) in [5.41, 5.74) is 1.26. The minimum Gasteiger partial charge on any atom is -0.362 e. The average Bonchev–Trinajstić information content (AvgIpc) is 2.68. The van der Waals surface area contributed by atoms with Gasteiger partial charge in [-0.25, -0.2) is 0 Å². The summed E-state index contributed by atoms with van der Waals surface area (Å²) >= 11 is 0. The topological polar surface area (TPSA) is 64.7 Å². The molecule has 6 nitrogen and oxygen atoms in total. The van der Waals surface area contributed by atoms with E-state index >= 15 is 0 Å². The van der Waals surface area contributed by atoms with Crippen molar-refractivity contribution < 1.29 is 9.59 Å². The third-order valence-corrected chi connectivity index (χ3v) is 7.27. The zero-order valence-corrected chi connectivity index (χ0v) is 15.9. The molecule has 1 aromatic rings. The summed E-state index contributed by atoms with van der Waals surface area (Å²) in [5, 5.41) is 6.94. The lowest BCUT2D eigenvalue weighted by atomic mass is 9.58. The molecule has 4 fully saturated rings. The van der Waals surface area contributed by atoms with E-state index in [2.05, 4.69) is 27.5 Å². The number of nitrogens with one attached hydrogen (secondary N) is 2. The number of carbonyl (C=O) groups excluding carboxylic acids is 2. The lowest BCUT2D eigenvalue weighted by Crippen LogP contribution is -2.68. The molecule has 2 heterocycles. The summed E-state index contributed by atoms with van der Waals surface area (Å²) in [6.45, 7) is 3.61. The van der Waals surface area contributed by atoms with Gasteiger partial charge in [-0.2, -0.15) is 0 Å². The lowest BCUT2D eigenvalue weighted by molar-refractivity contribution is -0.144. The van der Waals surface area contributed by atoms with Gasteiger partial charge < -0.3 is 20.4 Å². The van der Waals surface area contributed by atoms with E-state index in [0.717, 1.165) is 63.1 Å². The highest BCUT2D eigenvalue weighted by atomic mass is 16.2. The van der Waals surface area contributed by atoms with E-state index in [0.29, 0.717) is 17.7 Å². The first-order chi connectivity index (χ1) is 13.1. The van der Waals surface area contributed by atoms with Gasteiger partial charge in [0, 0.05) is 43.7 Å². The second-order valence-corrected chi connectivity index (χ2v) is 8.81. The Balaban J connectivity index is 1.35. The Hall–Kier alpha value is -2.08. The van der Waals surface area contributed by atoms with Gasteiger partial charge in [0.1, 0.15) is 5.66 Å². The van der Waals surface area contributed by atoms with Gasteiger partial charge in [0.2, 0.25) is 5.91 Å². The molecule has 2 aliphatic heterocycles. The van der Waals surface area contributed by atoms with Crippen LogP contribution in [0.2, 0.25) is 0 Å². The fourth-order valence-electron chi connectivity index (χ4n) is 5.71. The van der Waals surface area contributed by atoms with Gasteiger partial charge in [-0.05, 0) is 50.8 Å². The van der Waals surface area contributed by atoms with E-state index in [4.69, 9.17) is 0 Å². The molecule has 3 aliphatic carbocycles. The van der Waals surface area contributed by atoms with Crippen molar-refractivity contribution in [2.24, 2.45) is 17.8 Å². The molecule has 1 aromatic carbocycles. The predicted molar refractivity (Wildman–Crippen MR) is 103 cm³/mol. The Morgan fingerprint density at radius 1 is 1.11 bits per heavy atom. The van der Waals surface area contributed by atoms with Crippen LogP contribution in [0.5, 0.6) is 0 Å². The van der Waals surface area contributed by atoms with Gasteiger partial charge in [-0.3, -0.25) is 9.59 Å². The fourth-order valence-corrected chi connectivity index (χ4v) is 5.71. The second-order valence-electron chi connectivity index (χ2n) is 8.81. The molecule has 27 heavy (non-hydrogen) atoms. The molecule has 0 aromatic heterocycles. The number of amides is 2. The van der Waals surface area contributed by atoms with Crippen LogP contribution in [0.15, 0.2) is 24.3 Å². The van der Waals surface area contributed by atoms with Crippen LogP contribution in [-0.2, 0) is 4.79 Å². The van der Waals surface area contributed by atoms with Gasteiger partial charge in [-0.1, -0.05) is 12.1 Å². The molecule has 2 amide bonds. The molecular formula is C21H28N4O2. The molecule has 1 spiro atoms. The van der Waals surface area contributed by atoms with E-state index in [1.807, 2.05) is 24.3 Å². The maximum Gasteiger partial charge on any atom is 0.255 e. The molecule has 0 unspecified atom stereocenters. The van der Waals surface area contributed by atoms with E-state index < -0.39 is 0 Å². The lowest BCUT2D eigenvalue weighted by Gasteiger charge is -2.57. The third-order valence-electron chi connectivity index (χ3n) is 7.27. The van der Waals surface area contributed by atoms with Crippen molar-refractivity contribution in [3.63, 3.8) is 0 Å². The van der Waals surface area contributed by atoms with Crippen LogP contribution in [0.25, 0.3) is 0 Å². The van der Waals surface area contributed by atoms with Gasteiger partial charge in [0.15, 0.2) is 0 Å². The summed E-state index contributed by atoms with van der Waals surface area (Å²) in [6, 6.07) is 7.73. The van der Waals surface area contributed by atoms with Crippen molar-refractivity contribution >= 4 is 17.5 Å². The molecule has 3 saturated carbocycles. The van der Waals surface area contributed by atoms with Crippen molar-refractivity contribution in [3.05, 3.63) is 29.8 Å². The fraction of sp³-hybridized carbons (Fsp3) is 0.619. The zero-order valence-electron chi connectivity index (χ0n) is 15.9. The Kier molecular flexibility index (Phi) is 3.93. The number of carbonyl (C=O) groups is 2. The molecule has 6 heteroatoms. The summed E-state index contributed by atoms with van der Waals surface area (Å²) in [5.74, 6) is 1.13. The predicted octanol–water partition coefficient (Wildman–Crippen LogP) is 1.75. The highest BCUT2D eigenvalue weighted by Gasteiger charge is 2.55. The summed E-state index contributed by atoms with van der Waals surface area (Å²) in [7, 11) is 2.11. The molecule has 4 atom stereocenters. The van der Waals surface area contributed by atoms with Crippen LogP contribution in [0, 0.1) is 17.8 Å². The maximum atomic E-state index is 13.2. The van der Waals surface area contributed by atoms with Gasteiger partial charge >= 0.3 is 0 Å². The second kappa shape index (κ2) is 6.23. The number of benzene rings is 1. The summed E-state index contributed by atoms with van der Waals surface area (Å²) in [4.78, 5) is 30.2. The van der Waals surface area contributed by atoms with Crippen LogP contribution in [0.1, 0.15) is 36.0 Å². The zero-order chi connectivity index (χ0) is 18.6. The smallest absolute Gasteiger partial charge is 0.255 e. The largest absolute Gasteiger partial charge is 0.362 e. The van der Waals surface area contributed by atoms with E-state index in [1.54, 1.807) is 0 Å². The first-order valence-electron chi connectivity index (χ1n) is 10.2. The average molecular weight is 368 g/mol. The summed E-state index contributed by atoms with van der Waals surface area (Å²) in [6.07, 6.45) is 3.90. The van der Waals surface area contributed by atoms with Crippen molar-refractivity contribution in [2.75, 3.05) is 38.5 Å². The first-order valence-corrected chi connectivity index (χ1v) is 10.2. The molecule has 5 aliphatic rings. The van der Waals surface area contributed by atoms with Crippen LogP contribution in [0.3, 0.4) is 0 Å². The molecule has 2 bridgehead atoms. The standard InChI is InChI=1S/C21H28N4O2/c1-24-8-10-25(11-9-24)20(27)17-12-15-7-6-14(17)13-21(15)22-18-5-3-2-4-16(18)19(26)23-21/h2-5,14-15,17,22H,6-13H2,1H3,(H,23,26)/t14-,15-,17-,21-/m1/s1. The number of anilines is 1. The van der Waals surface area contributed by atoms with E-state index in [1.165, 1.54) is 0 Å². The Bertz CT molecular complexity index is 773. The van der Waals surface area contributed by atoms with Crippen molar-refractivity contribution in [2.45, 2.75) is 31.3 Å². The maximum absolute atomic E-state index is 13.2. The number of piperazine rings is 1. The molecule has 1 saturated heterocycles. The van der Waals surface area contributed by atoms with Crippen LogP contribution in [0.4, 0.5) is 5.69 Å². The van der Waals surface area contributed by atoms with Crippen LogP contribution >= 0.6 is 0 Å². The Labute approximate surface area is 160 Å².